The Bertz CT molecular complexity index is 344. The second-order valence-corrected chi connectivity index (χ2v) is 5.29. The Labute approximate surface area is 118 Å². The third-order valence-corrected chi connectivity index (χ3v) is 3.29. The van der Waals surface area contributed by atoms with Gasteiger partial charge in [0.25, 0.3) is 0 Å². The van der Waals surface area contributed by atoms with Crippen LogP contribution < -0.4 is 5.32 Å². The van der Waals surface area contributed by atoms with Crippen molar-refractivity contribution >= 4 is 15.9 Å². The largest absolute Gasteiger partial charge is 0.382 e. The second kappa shape index (κ2) is 8.64. The molecule has 0 aliphatic carbocycles. The summed E-state index contributed by atoms with van der Waals surface area (Å²) in [6, 6.07) is 8.61. The maximum Gasteiger partial charge on any atom is 0.0961 e. The number of benzene rings is 1. The van der Waals surface area contributed by atoms with Gasteiger partial charge in [-0.3, -0.25) is 0 Å². The second-order valence-electron chi connectivity index (χ2n) is 4.44. The van der Waals surface area contributed by atoms with E-state index in [1.54, 1.807) is 7.11 Å². The van der Waals surface area contributed by atoms with E-state index in [0.29, 0.717) is 19.3 Å². The zero-order valence-electron chi connectivity index (χ0n) is 11.3. The molecule has 1 N–H and O–H groups in total. The van der Waals surface area contributed by atoms with Crippen molar-refractivity contribution in [2.24, 2.45) is 0 Å². The molecule has 3 nitrogen and oxygen atoms in total. The normalized spacial score (nSPS) is 12.9. The summed E-state index contributed by atoms with van der Waals surface area (Å²) in [5.74, 6) is 0. The van der Waals surface area contributed by atoms with Gasteiger partial charge in [-0.15, -0.1) is 0 Å². The van der Waals surface area contributed by atoms with Gasteiger partial charge in [-0.05, 0) is 11.6 Å². The van der Waals surface area contributed by atoms with Crippen LogP contribution in [0.25, 0.3) is 0 Å². The van der Waals surface area contributed by atoms with Crippen LogP contribution in [0.1, 0.15) is 25.5 Å². The van der Waals surface area contributed by atoms with Crippen LogP contribution in [0.15, 0.2) is 28.7 Å². The summed E-state index contributed by atoms with van der Waals surface area (Å²) in [5.41, 5.74) is 1.17. The standard InChI is InChI=1S/C14H22BrNO2/c1-11(2)16-10-14(18-9-8-17-3)12-6-4-5-7-13(12)15/h4-7,11,14,16H,8-10H2,1-3H3. The number of methoxy groups -OCH3 is 1. The van der Waals surface area contributed by atoms with Gasteiger partial charge < -0.3 is 14.8 Å². The molecule has 0 aliphatic heterocycles. The van der Waals surface area contributed by atoms with Crippen LogP contribution in [-0.2, 0) is 9.47 Å². The van der Waals surface area contributed by atoms with Crippen LogP contribution in [-0.4, -0.2) is 32.9 Å². The fraction of sp³-hybridized carbons (Fsp3) is 0.571. The fourth-order valence-electron chi connectivity index (χ4n) is 1.61. The molecule has 4 heteroatoms. The van der Waals surface area contributed by atoms with E-state index in [2.05, 4.69) is 41.2 Å². The molecule has 1 atom stereocenters. The first-order chi connectivity index (χ1) is 8.65. The first kappa shape index (κ1) is 15.6. The van der Waals surface area contributed by atoms with Crippen molar-refractivity contribution in [1.29, 1.82) is 0 Å². The summed E-state index contributed by atoms with van der Waals surface area (Å²) in [6.45, 7) is 6.27. The minimum Gasteiger partial charge on any atom is -0.382 e. The molecule has 1 aromatic rings. The highest BCUT2D eigenvalue weighted by atomic mass is 79.9. The molecule has 0 bridgehead atoms. The van der Waals surface area contributed by atoms with Gasteiger partial charge >= 0.3 is 0 Å². The maximum absolute atomic E-state index is 5.88. The Morgan fingerprint density at radius 3 is 2.56 bits per heavy atom. The van der Waals surface area contributed by atoms with Gasteiger partial charge in [0, 0.05) is 24.2 Å². The molecule has 0 amide bonds. The maximum atomic E-state index is 5.88. The van der Waals surface area contributed by atoms with Crippen molar-refractivity contribution in [2.45, 2.75) is 26.0 Å². The quantitative estimate of drug-likeness (QED) is 0.747. The third kappa shape index (κ3) is 5.48. The van der Waals surface area contributed by atoms with E-state index in [9.17, 15) is 0 Å². The van der Waals surface area contributed by atoms with Crippen LogP contribution in [0, 0.1) is 0 Å². The number of halogens is 1. The predicted molar refractivity (Wildman–Crippen MR) is 77.8 cm³/mol. The highest BCUT2D eigenvalue weighted by Gasteiger charge is 2.14. The van der Waals surface area contributed by atoms with Crippen molar-refractivity contribution in [3.8, 4) is 0 Å². The molecule has 0 fully saturated rings. The molecule has 1 rings (SSSR count). The van der Waals surface area contributed by atoms with E-state index in [1.165, 1.54) is 5.56 Å². The number of hydrogen-bond donors (Lipinski definition) is 1. The first-order valence-electron chi connectivity index (χ1n) is 6.23. The Morgan fingerprint density at radius 1 is 1.22 bits per heavy atom. The van der Waals surface area contributed by atoms with Gasteiger partial charge in [0.2, 0.25) is 0 Å². The third-order valence-electron chi connectivity index (χ3n) is 2.57. The van der Waals surface area contributed by atoms with Gasteiger partial charge in [-0.25, -0.2) is 0 Å². The van der Waals surface area contributed by atoms with Gasteiger partial charge in [0.1, 0.15) is 0 Å². The molecular weight excluding hydrogens is 294 g/mol. The van der Waals surface area contributed by atoms with Crippen LogP contribution in [0.5, 0.6) is 0 Å². The number of hydrogen-bond acceptors (Lipinski definition) is 3. The van der Waals surface area contributed by atoms with E-state index in [1.807, 2.05) is 18.2 Å². The summed E-state index contributed by atoms with van der Waals surface area (Å²) < 4.78 is 12.0. The lowest BCUT2D eigenvalue weighted by atomic mass is 10.1. The Kier molecular flexibility index (Phi) is 7.51. The summed E-state index contributed by atoms with van der Waals surface area (Å²) >= 11 is 3.57. The van der Waals surface area contributed by atoms with Crippen LogP contribution in [0.2, 0.25) is 0 Å². The number of nitrogens with one attached hydrogen (secondary N) is 1. The van der Waals surface area contributed by atoms with Crippen LogP contribution >= 0.6 is 15.9 Å². The zero-order valence-corrected chi connectivity index (χ0v) is 12.9. The van der Waals surface area contributed by atoms with Gasteiger partial charge in [0.05, 0.1) is 19.3 Å². The smallest absolute Gasteiger partial charge is 0.0961 e. The molecule has 0 saturated carbocycles. The summed E-state index contributed by atoms with van der Waals surface area (Å²) in [4.78, 5) is 0. The molecule has 0 saturated heterocycles. The van der Waals surface area contributed by atoms with E-state index < -0.39 is 0 Å². The van der Waals surface area contributed by atoms with E-state index in [-0.39, 0.29) is 6.10 Å². The molecule has 1 unspecified atom stereocenters. The van der Waals surface area contributed by atoms with E-state index in [4.69, 9.17) is 9.47 Å². The highest BCUT2D eigenvalue weighted by molar-refractivity contribution is 9.10. The number of ether oxygens (including phenoxy) is 2. The average Bonchev–Trinajstić information content (AvgIpc) is 2.34. The molecule has 18 heavy (non-hydrogen) atoms. The van der Waals surface area contributed by atoms with Crippen molar-refractivity contribution in [3.05, 3.63) is 34.3 Å². The van der Waals surface area contributed by atoms with E-state index in [0.717, 1.165) is 11.0 Å². The summed E-state index contributed by atoms with van der Waals surface area (Å²) in [7, 11) is 1.68. The van der Waals surface area contributed by atoms with Crippen molar-refractivity contribution in [2.75, 3.05) is 26.9 Å². The molecular formula is C14H22BrNO2. The molecule has 0 radical (unpaired) electrons. The Morgan fingerprint density at radius 2 is 1.94 bits per heavy atom. The summed E-state index contributed by atoms with van der Waals surface area (Å²) in [5, 5.41) is 3.41. The topological polar surface area (TPSA) is 30.5 Å². The predicted octanol–water partition coefficient (Wildman–Crippen LogP) is 3.15. The van der Waals surface area contributed by atoms with Gasteiger partial charge in [0.15, 0.2) is 0 Å². The minimum atomic E-state index is 0.0399. The van der Waals surface area contributed by atoms with Crippen LogP contribution in [0.3, 0.4) is 0 Å². The summed E-state index contributed by atoms with van der Waals surface area (Å²) in [6.07, 6.45) is 0.0399. The lowest BCUT2D eigenvalue weighted by Crippen LogP contribution is -2.29. The molecule has 0 aromatic heterocycles. The number of rotatable bonds is 8. The van der Waals surface area contributed by atoms with Crippen molar-refractivity contribution < 1.29 is 9.47 Å². The van der Waals surface area contributed by atoms with Gasteiger partial charge in [-0.2, -0.15) is 0 Å². The Hall–Kier alpha value is -0.420. The van der Waals surface area contributed by atoms with E-state index >= 15 is 0 Å². The zero-order chi connectivity index (χ0) is 13.4. The molecule has 1 aromatic carbocycles. The Balaban J connectivity index is 2.66. The van der Waals surface area contributed by atoms with Crippen molar-refractivity contribution in [1.82, 2.24) is 5.32 Å². The van der Waals surface area contributed by atoms with Crippen molar-refractivity contribution in [3.63, 3.8) is 0 Å². The lowest BCUT2D eigenvalue weighted by Gasteiger charge is -2.21. The molecule has 0 spiro atoms. The van der Waals surface area contributed by atoms with Gasteiger partial charge in [-0.1, -0.05) is 48.0 Å². The highest BCUT2D eigenvalue weighted by Crippen LogP contribution is 2.25. The fourth-order valence-corrected chi connectivity index (χ4v) is 2.15. The monoisotopic (exact) mass is 315 g/mol. The SMILES string of the molecule is COCCOC(CNC(C)C)c1ccccc1Br. The molecule has 102 valence electrons. The molecule has 0 aliphatic rings. The average molecular weight is 316 g/mol. The van der Waals surface area contributed by atoms with Crippen LogP contribution in [0.4, 0.5) is 0 Å². The first-order valence-corrected chi connectivity index (χ1v) is 7.02. The molecule has 0 heterocycles. The lowest BCUT2D eigenvalue weighted by molar-refractivity contribution is 0.0155. The minimum absolute atomic E-state index is 0.0399.